The predicted octanol–water partition coefficient (Wildman–Crippen LogP) is 3.58. The third-order valence-electron chi connectivity index (χ3n) is 3.00. The number of hydrogen-bond donors (Lipinski definition) is 3. The molecule has 0 aliphatic carbocycles. The van der Waals surface area contributed by atoms with Crippen molar-refractivity contribution < 1.29 is 10.2 Å². The molecule has 0 spiro atoms. The molecule has 0 radical (unpaired) electrons. The number of phenols is 2. The minimum Gasteiger partial charge on any atom is -0.508 e. The van der Waals surface area contributed by atoms with Crippen LogP contribution < -0.4 is 5.32 Å². The van der Waals surface area contributed by atoms with Gasteiger partial charge in [0.25, 0.3) is 0 Å². The standard InChI is InChI=1S/C15H17NO2/c1-10-7-8-12(9-15(10)18)16-11(2)13-5-3-4-6-14(13)17/h3-9,11,16-18H,1-2H3. The Hall–Kier alpha value is -2.16. The molecule has 1 atom stereocenters. The molecular formula is C15H17NO2. The van der Waals surface area contributed by atoms with Crippen LogP contribution in [0.5, 0.6) is 11.5 Å². The van der Waals surface area contributed by atoms with Gasteiger partial charge in [-0.3, -0.25) is 0 Å². The van der Waals surface area contributed by atoms with Crippen LogP contribution in [0.3, 0.4) is 0 Å². The maximum absolute atomic E-state index is 9.77. The van der Waals surface area contributed by atoms with E-state index in [4.69, 9.17) is 0 Å². The number of aromatic hydroxyl groups is 2. The van der Waals surface area contributed by atoms with Crippen molar-refractivity contribution in [2.24, 2.45) is 0 Å². The Morgan fingerprint density at radius 3 is 2.39 bits per heavy atom. The summed E-state index contributed by atoms with van der Waals surface area (Å²) in [7, 11) is 0. The molecule has 0 saturated heterocycles. The van der Waals surface area contributed by atoms with Gasteiger partial charge in [0.15, 0.2) is 0 Å². The summed E-state index contributed by atoms with van der Waals surface area (Å²) in [6.07, 6.45) is 0. The summed E-state index contributed by atoms with van der Waals surface area (Å²) < 4.78 is 0. The van der Waals surface area contributed by atoms with E-state index >= 15 is 0 Å². The molecule has 0 aromatic heterocycles. The zero-order valence-electron chi connectivity index (χ0n) is 10.5. The van der Waals surface area contributed by atoms with E-state index in [-0.39, 0.29) is 17.5 Å². The zero-order chi connectivity index (χ0) is 13.1. The van der Waals surface area contributed by atoms with E-state index in [1.54, 1.807) is 18.2 Å². The molecule has 0 saturated carbocycles. The molecule has 0 fully saturated rings. The van der Waals surface area contributed by atoms with Gasteiger partial charge in [-0.1, -0.05) is 24.3 Å². The van der Waals surface area contributed by atoms with Crippen LogP contribution in [-0.2, 0) is 0 Å². The monoisotopic (exact) mass is 243 g/mol. The molecule has 18 heavy (non-hydrogen) atoms. The highest BCUT2D eigenvalue weighted by Gasteiger charge is 2.09. The molecule has 2 rings (SSSR count). The second-order valence-corrected chi connectivity index (χ2v) is 4.43. The van der Waals surface area contributed by atoms with E-state index in [9.17, 15) is 10.2 Å². The van der Waals surface area contributed by atoms with Crippen LogP contribution in [0.1, 0.15) is 24.1 Å². The number of para-hydroxylation sites is 1. The van der Waals surface area contributed by atoms with Crippen LogP contribution in [0, 0.1) is 6.92 Å². The molecule has 3 N–H and O–H groups in total. The first-order chi connectivity index (χ1) is 8.58. The van der Waals surface area contributed by atoms with E-state index in [1.807, 2.05) is 38.1 Å². The summed E-state index contributed by atoms with van der Waals surface area (Å²) in [6.45, 7) is 3.82. The summed E-state index contributed by atoms with van der Waals surface area (Å²) in [5.41, 5.74) is 2.50. The first kappa shape index (κ1) is 12.3. The van der Waals surface area contributed by atoms with E-state index < -0.39 is 0 Å². The van der Waals surface area contributed by atoms with Crippen molar-refractivity contribution in [3.63, 3.8) is 0 Å². The van der Waals surface area contributed by atoms with Gasteiger partial charge in [0.1, 0.15) is 11.5 Å². The smallest absolute Gasteiger partial charge is 0.120 e. The normalized spacial score (nSPS) is 12.1. The third kappa shape index (κ3) is 2.56. The molecular weight excluding hydrogens is 226 g/mol. The van der Waals surface area contributed by atoms with Gasteiger partial charge in [-0.2, -0.15) is 0 Å². The minimum absolute atomic E-state index is 0.0340. The fraction of sp³-hybridized carbons (Fsp3) is 0.200. The first-order valence-corrected chi connectivity index (χ1v) is 5.92. The molecule has 0 aliphatic heterocycles. The Labute approximate surface area is 107 Å². The Kier molecular flexibility index (Phi) is 3.42. The van der Waals surface area contributed by atoms with Crippen LogP contribution in [0.2, 0.25) is 0 Å². The highest BCUT2D eigenvalue weighted by atomic mass is 16.3. The van der Waals surface area contributed by atoms with Gasteiger partial charge in [-0.15, -0.1) is 0 Å². The number of aryl methyl sites for hydroxylation is 1. The van der Waals surface area contributed by atoms with E-state index in [1.165, 1.54) is 0 Å². The van der Waals surface area contributed by atoms with E-state index in [0.29, 0.717) is 0 Å². The molecule has 94 valence electrons. The van der Waals surface area contributed by atoms with Crippen LogP contribution in [-0.4, -0.2) is 10.2 Å². The fourth-order valence-corrected chi connectivity index (χ4v) is 1.88. The summed E-state index contributed by atoms with van der Waals surface area (Å²) in [5, 5.41) is 22.7. The molecule has 3 nitrogen and oxygen atoms in total. The number of phenolic OH excluding ortho intramolecular Hbond substituents is 2. The van der Waals surface area contributed by atoms with Crippen molar-refractivity contribution in [2.75, 3.05) is 5.32 Å². The number of rotatable bonds is 3. The van der Waals surface area contributed by atoms with Gasteiger partial charge in [0.2, 0.25) is 0 Å². The topological polar surface area (TPSA) is 52.5 Å². The van der Waals surface area contributed by atoms with Crippen LogP contribution in [0.25, 0.3) is 0 Å². The minimum atomic E-state index is -0.0340. The van der Waals surface area contributed by atoms with Crippen LogP contribution >= 0.6 is 0 Å². The number of anilines is 1. The average Bonchev–Trinajstić information content (AvgIpc) is 2.34. The van der Waals surface area contributed by atoms with Crippen molar-refractivity contribution in [1.82, 2.24) is 0 Å². The van der Waals surface area contributed by atoms with E-state index in [2.05, 4.69) is 5.32 Å². The van der Waals surface area contributed by atoms with Crippen molar-refractivity contribution >= 4 is 5.69 Å². The van der Waals surface area contributed by atoms with Crippen molar-refractivity contribution in [3.8, 4) is 11.5 Å². The summed E-state index contributed by atoms with van der Waals surface area (Å²) in [5.74, 6) is 0.540. The Morgan fingerprint density at radius 2 is 1.72 bits per heavy atom. The highest BCUT2D eigenvalue weighted by Crippen LogP contribution is 2.28. The number of nitrogens with one attached hydrogen (secondary N) is 1. The SMILES string of the molecule is Cc1ccc(NC(C)c2ccccc2O)cc1O. The lowest BCUT2D eigenvalue weighted by Gasteiger charge is -2.17. The van der Waals surface area contributed by atoms with Gasteiger partial charge in [-0.05, 0) is 31.5 Å². The highest BCUT2D eigenvalue weighted by molar-refractivity contribution is 5.53. The summed E-state index contributed by atoms with van der Waals surface area (Å²) >= 11 is 0. The molecule has 0 bridgehead atoms. The van der Waals surface area contributed by atoms with Crippen molar-refractivity contribution in [3.05, 3.63) is 53.6 Å². The molecule has 0 aliphatic rings. The Morgan fingerprint density at radius 1 is 1.00 bits per heavy atom. The molecule has 1 unspecified atom stereocenters. The second-order valence-electron chi connectivity index (χ2n) is 4.43. The molecule has 0 amide bonds. The van der Waals surface area contributed by atoms with Crippen LogP contribution in [0.4, 0.5) is 5.69 Å². The Balaban J connectivity index is 2.19. The molecule has 3 heteroatoms. The molecule has 2 aromatic carbocycles. The van der Waals surface area contributed by atoms with Crippen molar-refractivity contribution in [1.29, 1.82) is 0 Å². The van der Waals surface area contributed by atoms with Gasteiger partial charge in [0.05, 0.1) is 6.04 Å². The van der Waals surface area contributed by atoms with Crippen molar-refractivity contribution in [2.45, 2.75) is 19.9 Å². The lowest BCUT2D eigenvalue weighted by molar-refractivity contribution is 0.465. The Bertz CT molecular complexity index is 552. The molecule has 2 aromatic rings. The fourth-order valence-electron chi connectivity index (χ4n) is 1.88. The predicted molar refractivity (Wildman–Crippen MR) is 73.0 cm³/mol. The van der Waals surface area contributed by atoms with Crippen LogP contribution in [0.15, 0.2) is 42.5 Å². The van der Waals surface area contributed by atoms with E-state index in [0.717, 1.165) is 16.8 Å². The average molecular weight is 243 g/mol. The van der Waals surface area contributed by atoms with Gasteiger partial charge < -0.3 is 15.5 Å². The quantitative estimate of drug-likeness (QED) is 0.772. The maximum atomic E-state index is 9.77. The summed E-state index contributed by atoms with van der Waals surface area (Å²) in [4.78, 5) is 0. The maximum Gasteiger partial charge on any atom is 0.120 e. The number of hydrogen-bond acceptors (Lipinski definition) is 3. The number of benzene rings is 2. The summed E-state index contributed by atoms with van der Waals surface area (Å²) in [6, 6.07) is 12.6. The lowest BCUT2D eigenvalue weighted by Crippen LogP contribution is -2.06. The van der Waals surface area contributed by atoms with Gasteiger partial charge in [0, 0.05) is 17.3 Å². The van der Waals surface area contributed by atoms with Gasteiger partial charge >= 0.3 is 0 Å². The third-order valence-corrected chi connectivity index (χ3v) is 3.00. The first-order valence-electron chi connectivity index (χ1n) is 5.92. The molecule has 0 heterocycles. The largest absolute Gasteiger partial charge is 0.508 e. The zero-order valence-corrected chi connectivity index (χ0v) is 10.5. The van der Waals surface area contributed by atoms with Gasteiger partial charge in [-0.25, -0.2) is 0 Å². The second kappa shape index (κ2) is 5.00. The lowest BCUT2D eigenvalue weighted by atomic mass is 10.1.